The summed E-state index contributed by atoms with van der Waals surface area (Å²) in [5.41, 5.74) is 4.68. The molecule has 0 heteroatoms. The lowest BCUT2D eigenvalue weighted by molar-refractivity contribution is -0.124. The Morgan fingerprint density at radius 1 is 0.577 bits per heavy atom. The topological polar surface area (TPSA) is 0 Å². The number of hydrogen-bond donors (Lipinski definition) is 0. The molecule has 0 amide bonds. The number of rotatable bonds is 1. The van der Waals surface area contributed by atoms with E-state index in [-0.39, 0.29) is 27.1 Å². The van der Waals surface area contributed by atoms with Gasteiger partial charge in [-0.3, -0.25) is 0 Å². The molecule has 0 nitrogen and oxygen atoms in total. The predicted molar refractivity (Wildman–Crippen MR) is 114 cm³/mol. The van der Waals surface area contributed by atoms with Crippen molar-refractivity contribution in [3.63, 3.8) is 0 Å². The molecule has 0 heterocycles. The second kappa shape index (κ2) is 5.47. The molecule has 1 unspecified atom stereocenters. The highest BCUT2D eigenvalue weighted by Gasteiger charge is 2.72. The predicted octanol–water partition coefficient (Wildman–Crippen LogP) is 7.36. The molecule has 0 radical (unpaired) electrons. The summed E-state index contributed by atoms with van der Waals surface area (Å²) >= 11 is 0. The molecule has 0 aliphatic heterocycles. The van der Waals surface area contributed by atoms with Crippen LogP contribution in [-0.4, -0.2) is 0 Å². The van der Waals surface area contributed by atoms with Crippen molar-refractivity contribution < 1.29 is 0 Å². The Labute approximate surface area is 161 Å². The number of benzene rings is 2. The van der Waals surface area contributed by atoms with Gasteiger partial charge in [-0.2, -0.15) is 0 Å². The van der Waals surface area contributed by atoms with Crippen LogP contribution in [0.1, 0.15) is 79.0 Å². The van der Waals surface area contributed by atoms with Gasteiger partial charge in [0.25, 0.3) is 0 Å². The van der Waals surface area contributed by atoms with E-state index in [1.165, 1.54) is 16.7 Å². The Morgan fingerprint density at radius 2 is 1.00 bits per heavy atom. The molecule has 0 N–H and O–H groups in total. The van der Waals surface area contributed by atoms with E-state index >= 15 is 0 Å². The molecule has 0 aromatic heterocycles. The summed E-state index contributed by atoms with van der Waals surface area (Å²) in [6.45, 7) is 22.2. The summed E-state index contributed by atoms with van der Waals surface area (Å²) in [6.07, 6.45) is 0. The summed E-state index contributed by atoms with van der Waals surface area (Å²) in [5.74, 6) is 0. The molecule has 0 fully saturated rings. The van der Waals surface area contributed by atoms with Crippen LogP contribution in [0.25, 0.3) is 0 Å². The van der Waals surface area contributed by atoms with Gasteiger partial charge in [-0.25, -0.2) is 0 Å². The van der Waals surface area contributed by atoms with Gasteiger partial charge in [-0.05, 0) is 32.9 Å². The Bertz CT molecular complexity index is 782. The molecule has 140 valence electrons. The van der Waals surface area contributed by atoms with Gasteiger partial charge in [0, 0.05) is 10.8 Å². The van der Waals surface area contributed by atoms with E-state index in [0.717, 1.165) is 0 Å². The zero-order valence-corrected chi connectivity index (χ0v) is 18.2. The van der Waals surface area contributed by atoms with E-state index in [2.05, 4.69) is 117 Å². The zero-order valence-electron chi connectivity index (χ0n) is 18.2. The molecule has 0 saturated carbocycles. The minimum atomic E-state index is -0.0646. The molecule has 0 spiro atoms. The lowest BCUT2D eigenvalue weighted by Gasteiger charge is -2.66. The van der Waals surface area contributed by atoms with Crippen LogP contribution < -0.4 is 0 Å². The van der Waals surface area contributed by atoms with Gasteiger partial charge in [0.2, 0.25) is 0 Å². The van der Waals surface area contributed by atoms with E-state index in [1.54, 1.807) is 0 Å². The fourth-order valence-corrected chi connectivity index (χ4v) is 8.14. The molecule has 2 aromatic rings. The monoisotopic (exact) mass is 348 g/mol. The molecule has 2 aromatic carbocycles. The summed E-state index contributed by atoms with van der Waals surface area (Å²) < 4.78 is 0. The Kier molecular flexibility index (Phi) is 4.04. The van der Waals surface area contributed by atoms with Crippen LogP contribution in [0, 0.1) is 16.2 Å². The van der Waals surface area contributed by atoms with Crippen molar-refractivity contribution in [3.8, 4) is 0 Å². The summed E-state index contributed by atoms with van der Waals surface area (Å²) in [6, 6.07) is 20.4. The maximum absolute atomic E-state index is 2.51. The molecule has 1 aliphatic carbocycles. The largest absolute Gasteiger partial charge is 0.0622 e. The van der Waals surface area contributed by atoms with Crippen LogP contribution in [0.5, 0.6) is 0 Å². The third kappa shape index (κ3) is 2.02. The van der Waals surface area contributed by atoms with Gasteiger partial charge in [0.05, 0.1) is 0 Å². The summed E-state index contributed by atoms with van der Waals surface area (Å²) in [4.78, 5) is 0. The van der Waals surface area contributed by atoms with E-state index in [9.17, 15) is 0 Å². The third-order valence-corrected chi connectivity index (χ3v) is 7.43. The van der Waals surface area contributed by atoms with Crippen molar-refractivity contribution in [3.05, 3.63) is 71.3 Å². The normalized spacial score (nSPS) is 24.3. The van der Waals surface area contributed by atoms with Gasteiger partial charge in [-0.1, -0.05) is 117 Å². The first-order valence-electron chi connectivity index (χ1n) is 9.99. The van der Waals surface area contributed by atoms with Crippen LogP contribution in [0.4, 0.5) is 0 Å². The highest BCUT2D eigenvalue weighted by molar-refractivity contribution is 5.57. The van der Waals surface area contributed by atoms with Gasteiger partial charge < -0.3 is 0 Å². The molecular formula is C26H36. The first kappa shape index (κ1) is 19.2. The molecule has 0 bridgehead atoms. The molecular weight excluding hydrogens is 312 g/mol. The third-order valence-electron chi connectivity index (χ3n) is 7.43. The minimum Gasteiger partial charge on any atom is -0.0622 e. The minimum absolute atomic E-state index is 0.0328. The quantitative estimate of drug-likeness (QED) is 0.505. The van der Waals surface area contributed by atoms with Crippen molar-refractivity contribution in [1.82, 2.24) is 0 Å². The van der Waals surface area contributed by atoms with Crippen LogP contribution >= 0.6 is 0 Å². The Hall–Kier alpha value is -1.56. The second-order valence-corrected chi connectivity index (χ2v) is 10.9. The average molecular weight is 349 g/mol. The first-order valence-corrected chi connectivity index (χ1v) is 9.99. The Morgan fingerprint density at radius 3 is 1.46 bits per heavy atom. The van der Waals surface area contributed by atoms with Crippen LogP contribution in [0.3, 0.4) is 0 Å². The van der Waals surface area contributed by atoms with Crippen molar-refractivity contribution in [2.75, 3.05) is 0 Å². The summed E-state index contributed by atoms with van der Waals surface area (Å²) in [5, 5.41) is 0. The first-order chi connectivity index (χ1) is 11.8. The fraction of sp³-hybridized carbons (Fsp3) is 0.538. The van der Waals surface area contributed by atoms with E-state index in [0.29, 0.717) is 0 Å². The maximum Gasteiger partial charge on any atom is 0.0252 e. The lowest BCUT2D eigenvalue weighted by atomic mass is 9.37. The Balaban J connectivity index is 2.57. The number of hydrogen-bond acceptors (Lipinski definition) is 0. The van der Waals surface area contributed by atoms with Crippen LogP contribution in [0.15, 0.2) is 54.6 Å². The smallest absolute Gasteiger partial charge is 0.0252 e. The van der Waals surface area contributed by atoms with Crippen molar-refractivity contribution in [2.45, 2.75) is 73.1 Å². The van der Waals surface area contributed by atoms with E-state index in [1.807, 2.05) is 0 Å². The molecule has 0 saturated heterocycles. The highest BCUT2D eigenvalue weighted by Crippen LogP contribution is 2.76. The van der Waals surface area contributed by atoms with Gasteiger partial charge in [0.15, 0.2) is 0 Å². The zero-order chi connectivity index (χ0) is 19.6. The summed E-state index contributed by atoms with van der Waals surface area (Å²) in [7, 11) is 0. The number of fused-ring (bicyclic) bond motifs is 1. The van der Waals surface area contributed by atoms with Gasteiger partial charge in [0.1, 0.15) is 0 Å². The SMILES string of the molecule is CC(C)(C)C1(C(C)(C)C)C(C)(C)c2ccccc2C1(C)c1ccccc1. The second-order valence-electron chi connectivity index (χ2n) is 10.9. The van der Waals surface area contributed by atoms with Gasteiger partial charge in [-0.15, -0.1) is 0 Å². The maximum atomic E-state index is 2.51. The molecule has 1 atom stereocenters. The van der Waals surface area contributed by atoms with E-state index < -0.39 is 0 Å². The van der Waals surface area contributed by atoms with Crippen LogP contribution in [-0.2, 0) is 10.8 Å². The standard InChI is InChI=1S/C26H36/c1-22(2,3)26(23(4,5)6)24(7,8)20-17-13-14-18-21(20)25(26,9)19-15-11-10-12-16-19/h10-18H,1-9H3. The average Bonchev–Trinajstić information content (AvgIpc) is 2.70. The lowest BCUT2D eigenvalue weighted by Crippen LogP contribution is -2.64. The molecule has 1 aliphatic rings. The molecule has 3 rings (SSSR count). The van der Waals surface area contributed by atoms with Crippen molar-refractivity contribution >= 4 is 0 Å². The van der Waals surface area contributed by atoms with Gasteiger partial charge >= 0.3 is 0 Å². The molecule has 26 heavy (non-hydrogen) atoms. The van der Waals surface area contributed by atoms with Crippen molar-refractivity contribution in [2.24, 2.45) is 16.2 Å². The highest BCUT2D eigenvalue weighted by atomic mass is 14.8. The van der Waals surface area contributed by atoms with Crippen LogP contribution in [0.2, 0.25) is 0 Å². The fourth-order valence-electron chi connectivity index (χ4n) is 8.14. The van der Waals surface area contributed by atoms with Crippen molar-refractivity contribution in [1.29, 1.82) is 0 Å². The van der Waals surface area contributed by atoms with E-state index in [4.69, 9.17) is 0 Å².